The van der Waals surface area contributed by atoms with Gasteiger partial charge in [0.05, 0.1) is 30.8 Å². The lowest BCUT2D eigenvalue weighted by molar-refractivity contribution is -0.123. The summed E-state index contributed by atoms with van der Waals surface area (Å²) in [5.74, 6) is 4.29. The number of rotatable bonds is 7. The molecule has 11 heteroatoms. The van der Waals surface area contributed by atoms with Gasteiger partial charge in [0, 0.05) is 22.9 Å². The van der Waals surface area contributed by atoms with Gasteiger partial charge in [-0.2, -0.15) is 0 Å². The van der Waals surface area contributed by atoms with Gasteiger partial charge < -0.3 is 30.6 Å². The van der Waals surface area contributed by atoms with E-state index in [1.807, 2.05) is 0 Å². The molecule has 198 valence electrons. The van der Waals surface area contributed by atoms with Gasteiger partial charge >= 0.3 is 6.09 Å². The van der Waals surface area contributed by atoms with Gasteiger partial charge in [0.15, 0.2) is 6.17 Å². The molecule has 2 heterocycles. The predicted molar refractivity (Wildman–Crippen MR) is 134 cm³/mol. The molecule has 3 rings (SSSR count). The first-order chi connectivity index (χ1) is 17.4. The molecule has 37 heavy (non-hydrogen) atoms. The molecule has 4 N–H and O–H groups in total. The number of hydrogen-bond acceptors (Lipinski definition) is 7. The standard InChI is InChI=1S/C26H31FN4O6/c1-6-15-19(31-23(33)21(15)27)13-36-24-17-11-20(35-5)18(22(28)32)10-16(17)14(12-30-24)8-7-9-29-25(34)37-26(2,3)4/h10-12,15,19,21H,6,9,13H2,1-5H3,(H2,28,32)(H,29,34)(H,31,33)/t15-,19+,21-/m0/s1. The van der Waals surface area contributed by atoms with Gasteiger partial charge in [-0.1, -0.05) is 18.8 Å². The van der Waals surface area contributed by atoms with Crippen molar-refractivity contribution in [2.24, 2.45) is 11.7 Å². The summed E-state index contributed by atoms with van der Waals surface area (Å²) in [4.78, 5) is 40.0. The van der Waals surface area contributed by atoms with Crippen LogP contribution in [-0.4, -0.2) is 61.0 Å². The van der Waals surface area contributed by atoms with E-state index in [1.165, 1.54) is 19.4 Å². The number of amides is 3. The van der Waals surface area contributed by atoms with Gasteiger partial charge in [0.2, 0.25) is 5.88 Å². The number of aromatic nitrogens is 1. The molecule has 1 saturated heterocycles. The first kappa shape index (κ1) is 27.5. The monoisotopic (exact) mass is 514 g/mol. The second-order valence-electron chi connectivity index (χ2n) is 9.50. The zero-order chi connectivity index (χ0) is 27.3. The Labute approximate surface area is 214 Å². The highest BCUT2D eigenvalue weighted by atomic mass is 19.1. The van der Waals surface area contributed by atoms with E-state index in [4.69, 9.17) is 19.9 Å². The number of halogens is 1. The van der Waals surface area contributed by atoms with Crippen molar-refractivity contribution in [3.8, 4) is 23.5 Å². The van der Waals surface area contributed by atoms with Crippen LogP contribution in [0.3, 0.4) is 0 Å². The van der Waals surface area contributed by atoms with E-state index in [1.54, 1.807) is 33.8 Å². The molecule has 10 nitrogen and oxygen atoms in total. The molecular weight excluding hydrogens is 483 g/mol. The number of nitrogens with zero attached hydrogens (tertiary/aromatic N) is 1. The van der Waals surface area contributed by atoms with Crippen LogP contribution >= 0.6 is 0 Å². The molecule has 0 spiro atoms. The van der Waals surface area contributed by atoms with Gasteiger partial charge in [0.1, 0.15) is 18.0 Å². The van der Waals surface area contributed by atoms with Crippen molar-refractivity contribution in [2.75, 3.05) is 20.3 Å². The van der Waals surface area contributed by atoms with Gasteiger partial charge in [-0.05, 0) is 39.3 Å². The fourth-order valence-electron chi connectivity index (χ4n) is 3.98. The number of fused-ring (bicyclic) bond motifs is 1. The molecule has 0 bridgehead atoms. The Morgan fingerprint density at radius 1 is 1.27 bits per heavy atom. The van der Waals surface area contributed by atoms with Gasteiger partial charge in [0.25, 0.3) is 11.8 Å². The van der Waals surface area contributed by atoms with Crippen molar-refractivity contribution < 1.29 is 33.0 Å². The fraction of sp³-hybridized carbons (Fsp3) is 0.462. The number of carbonyl (C=O) groups is 3. The van der Waals surface area contributed by atoms with Crippen LogP contribution in [0.2, 0.25) is 0 Å². The maximum absolute atomic E-state index is 14.2. The number of benzene rings is 1. The normalized spacial score (nSPS) is 19.0. The lowest BCUT2D eigenvalue weighted by atomic mass is 9.97. The molecule has 3 atom stereocenters. The number of nitrogens with two attached hydrogens (primary N) is 1. The lowest BCUT2D eigenvalue weighted by Gasteiger charge is -2.19. The maximum atomic E-state index is 14.2. The molecule has 3 amide bonds. The first-order valence-electron chi connectivity index (χ1n) is 11.8. The van der Waals surface area contributed by atoms with E-state index < -0.39 is 41.6 Å². The molecule has 0 unspecified atom stereocenters. The topological polar surface area (TPSA) is 142 Å². The SMILES string of the molecule is CC[C@@H]1[C@H](F)C(=O)N[C@@H]1COc1ncc(C#CCNC(=O)OC(C)(C)C)c2cc(C(N)=O)c(OC)cc12. The van der Waals surface area contributed by atoms with E-state index in [0.29, 0.717) is 22.8 Å². The number of alkyl halides is 1. The number of ether oxygens (including phenoxy) is 3. The summed E-state index contributed by atoms with van der Waals surface area (Å²) >= 11 is 0. The molecule has 1 aliphatic rings. The smallest absolute Gasteiger partial charge is 0.408 e. The second kappa shape index (κ2) is 11.3. The summed E-state index contributed by atoms with van der Waals surface area (Å²) < 4.78 is 30.6. The van der Waals surface area contributed by atoms with E-state index in [9.17, 15) is 18.8 Å². The Morgan fingerprint density at radius 2 is 2.00 bits per heavy atom. The zero-order valence-electron chi connectivity index (χ0n) is 21.4. The number of carbonyl (C=O) groups excluding carboxylic acids is 3. The second-order valence-corrected chi connectivity index (χ2v) is 9.50. The minimum Gasteiger partial charge on any atom is -0.496 e. The van der Waals surface area contributed by atoms with Crippen LogP contribution in [0, 0.1) is 17.8 Å². The van der Waals surface area contributed by atoms with Crippen LogP contribution < -0.4 is 25.8 Å². The Hall–Kier alpha value is -4.07. The van der Waals surface area contributed by atoms with Crippen LogP contribution in [0.5, 0.6) is 11.6 Å². The summed E-state index contributed by atoms with van der Waals surface area (Å²) in [5, 5.41) is 6.15. The van der Waals surface area contributed by atoms with Gasteiger partial charge in [-0.3, -0.25) is 9.59 Å². The number of primary amides is 1. The average molecular weight is 515 g/mol. The van der Waals surface area contributed by atoms with E-state index in [2.05, 4.69) is 27.5 Å². The Kier molecular flexibility index (Phi) is 8.42. The maximum Gasteiger partial charge on any atom is 0.408 e. The zero-order valence-corrected chi connectivity index (χ0v) is 21.4. The summed E-state index contributed by atoms with van der Waals surface area (Å²) in [6, 6.07) is 2.57. The summed E-state index contributed by atoms with van der Waals surface area (Å²) in [7, 11) is 1.40. The van der Waals surface area contributed by atoms with Crippen LogP contribution in [0.25, 0.3) is 10.8 Å². The van der Waals surface area contributed by atoms with Gasteiger partial charge in [-0.25, -0.2) is 14.2 Å². The Bertz CT molecular complexity index is 1260. The fourth-order valence-corrected chi connectivity index (χ4v) is 3.98. The van der Waals surface area contributed by atoms with Crippen LogP contribution in [0.4, 0.5) is 9.18 Å². The number of alkyl carbamates (subject to hydrolysis) is 1. The quantitative estimate of drug-likeness (QED) is 0.482. The first-order valence-corrected chi connectivity index (χ1v) is 11.8. The Morgan fingerprint density at radius 3 is 2.62 bits per heavy atom. The third-order valence-corrected chi connectivity index (χ3v) is 5.72. The molecule has 0 radical (unpaired) electrons. The molecule has 1 aromatic carbocycles. The van der Waals surface area contributed by atoms with E-state index >= 15 is 0 Å². The van der Waals surface area contributed by atoms with Gasteiger partial charge in [-0.15, -0.1) is 0 Å². The molecule has 0 aliphatic carbocycles. The number of hydrogen-bond donors (Lipinski definition) is 3. The number of methoxy groups -OCH3 is 1. The van der Waals surface area contributed by atoms with Crippen molar-refractivity contribution in [3.63, 3.8) is 0 Å². The van der Waals surface area contributed by atoms with Crippen LogP contribution in [0.1, 0.15) is 50.0 Å². The highest BCUT2D eigenvalue weighted by molar-refractivity contribution is 6.03. The van der Waals surface area contributed by atoms with Crippen molar-refractivity contribution in [1.29, 1.82) is 0 Å². The van der Waals surface area contributed by atoms with Crippen molar-refractivity contribution in [3.05, 3.63) is 29.5 Å². The molecular formula is C26H31FN4O6. The molecule has 0 saturated carbocycles. The largest absolute Gasteiger partial charge is 0.496 e. The van der Waals surface area contributed by atoms with Crippen molar-refractivity contribution in [1.82, 2.24) is 15.6 Å². The van der Waals surface area contributed by atoms with Crippen molar-refractivity contribution in [2.45, 2.75) is 51.9 Å². The molecule has 2 aromatic rings. The molecule has 1 aromatic heterocycles. The Balaban J connectivity index is 1.91. The third-order valence-electron chi connectivity index (χ3n) is 5.72. The van der Waals surface area contributed by atoms with Crippen molar-refractivity contribution >= 4 is 28.7 Å². The number of pyridine rings is 1. The lowest BCUT2D eigenvalue weighted by Crippen LogP contribution is -2.34. The van der Waals surface area contributed by atoms with Crippen LogP contribution in [-0.2, 0) is 9.53 Å². The van der Waals surface area contributed by atoms with E-state index in [0.717, 1.165) is 0 Å². The molecule has 1 fully saturated rings. The summed E-state index contributed by atoms with van der Waals surface area (Å²) in [6.45, 7) is 7.07. The van der Waals surface area contributed by atoms with Crippen LogP contribution in [0.15, 0.2) is 18.3 Å². The summed E-state index contributed by atoms with van der Waals surface area (Å²) in [6.07, 6.45) is -0.274. The van der Waals surface area contributed by atoms with E-state index in [-0.39, 0.29) is 30.3 Å². The number of nitrogens with one attached hydrogen (secondary N) is 2. The average Bonchev–Trinajstić information content (AvgIpc) is 3.11. The molecule has 1 aliphatic heterocycles. The third kappa shape index (κ3) is 6.58. The minimum atomic E-state index is -1.59. The minimum absolute atomic E-state index is 0.00249. The summed E-state index contributed by atoms with van der Waals surface area (Å²) in [5.41, 5.74) is 5.48. The predicted octanol–water partition coefficient (Wildman–Crippen LogP) is 2.46. The highest BCUT2D eigenvalue weighted by Gasteiger charge is 2.41. The highest BCUT2D eigenvalue weighted by Crippen LogP contribution is 2.33.